The molecule has 2 N–H and O–H groups in total. The van der Waals surface area contributed by atoms with Gasteiger partial charge in [0, 0.05) is 30.8 Å². The SMILES string of the molecule is O=C1CCc2cc(N3C[C@@H](C(=O)O)CC3=O)ccc2N1. The number of amides is 2. The van der Waals surface area contributed by atoms with Gasteiger partial charge in [-0.05, 0) is 30.2 Å². The van der Waals surface area contributed by atoms with Crippen molar-refractivity contribution in [1.82, 2.24) is 0 Å². The van der Waals surface area contributed by atoms with Gasteiger partial charge in [-0.15, -0.1) is 0 Å². The van der Waals surface area contributed by atoms with E-state index in [1.165, 1.54) is 4.90 Å². The minimum Gasteiger partial charge on any atom is -0.481 e. The fourth-order valence-corrected chi connectivity index (χ4v) is 2.66. The number of nitrogens with one attached hydrogen (secondary N) is 1. The van der Waals surface area contributed by atoms with Gasteiger partial charge < -0.3 is 15.3 Å². The van der Waals surface area contributed by atoms with E-state index < -0.39 is 11.9 Å². The molecule has 1 saturated heterocycles. The molecule has 1 aromatic rings. The summed E-state index contributed by atoms with van der Waals surface area (Å²) in [5, 5.41) is 11.8. The molecule has 0 radical (unpaired) electrons. The Hall–Kier alpha value is -2.37. The second-order valence-corrected chi connectivity index (χ2v) is 5.13. The smallest absolute Gasteiger partial charge is 0.308 e. The van der Waals surface area contributed by atoms with Crippen LogP contribution >= 0.6 is 0 Å². The summed E-state index contributed by atoms with van der Waals surface area (Å²) in [4.78, 5) is 35.7. The fourth-order valence-electron chi connectivity index (χ4n) is 2.66. The van der Waals surface area contributed by atoms with Crippen molar-refractivity contribution in [2.24, 2.45) is 5.92 Å². The van der Waals surface area contributed by atoms with Gasteiger partial charge in [0.25, 0.3) is 0 Å². The first-order chi connectivity index (χ1) is 9.54. The lowest BCUT2D eigenvalue weighted by molar-refractivity contribution is -0.141. The average Bonchev–Trinajstić information content (AvgIpc) is 2.80. The van der Waals surface area contributed by atoms with E-state index in [1.54, 1.807) is 12.1 Å². The third-order valence-electron chi connectivity index (χ3n) is 3.77. The van der Waals surface area contributed by atoms with Crippen molar-refractivity contribution in [3.05, 3.63) is 23.8 Å². The lowest BCUT2D eigenvalue weighted by atomic mass is 10.0. The summed E-state index contributed by atoms with van der Waals surface area (Å²) < 4.78 is 0. The Kier molecular flexibility index (Phi) is 2.93. The summed E-state index contributed by atoms with van der Waals surface area (Å²) in [7, 11) is 0. The molecule has 0 aliphatic carbocycles. The van der Waals surface area contributed by atoms with E-state index in [-0.39, 0.29) is 24.8 Å². The summed E-state index contributed by atoms with van der Waals surface area (Å²) in [5.41, 5.74) is 2.45. The molecule has 20 heavy (non-hydrogen) atoms. The van der Waals surface area contributed by atoms with Gasteiger partial charge in [0.15, 0.2) is 0 Å². The lowest BCUT2D eigenvalue weighted by Crippen LogP contribution is -2.26. The van der Waals surface area contributed by atoms with Crippen LogP contribution in [0.4, 0.5) is 11.4 Å². The lowest BCUT2D eigenvalue weighted by Gasteiger charge is -2.21. The molecule has 0 saturated carbocycles. The highest BCUT2D eigenvalue weighted by molar-refractivity contribution is 6.00. The normalized spacial score (nSPS) is 21.6. The van der Waals surface area contributed by atoms with E-state index in [4.69, 9.17) is 5.11 Å². The molecule has 0 spiro atoms. The largest absolute Gasteiger partial charge is 0.481 e. The zero-order valence-corrected chi connectivity index (χ0v) is 10.8. The van der Waals surface area contributed by atoms with Crippen molar-refractivity contribution < 1.29 is 19.5 Å². The minimum absolute atomic E-state index is 0.00607. The van der Waals surface area contributed by atoms with Crippen LogP contribution < -0.4 is 10.2 Å². The number of carbonyl (C=O) groups is 3. The highest BCUT2D eigenvalue weighted by Gasteiger charge is 2.35. The number of nitrogens with zero attached hydrogens (tertiary/aromatic N) is 1. The molecule has 2 heterocycles. The van der Waals surface area contributed by atoms with Gasteiger partial charge in [-0.25, -0.2) is 0 Å². The van der Waals surface area contributed by atoms with Crippen molar-refractivity contribution in [3.63, 3.8) is 0 Å². The molecule has 0 aromatic heterocycles. The Bertz CT molecular complexity index is 611. The molecule has 1 fully saturated rings. The molecule has 6 heteroatoms. The quantitative estimate of drug-likeness (QED) is 0.842. The van der Waals surface area contributed by atoms with E-state index >= 15 is 0 Å². The van der Waals surface area contributed by atoms with Crippen LogP contribution in [0.15, 0.2) is 18.2 Å². The summed E-state index contributed by atoms with van der Waals surface area (Å²) in [6.07, 6.45) is 1.12. The molecule has 1 atom stereocenters. The van der Waals surface area contributed by atoms with Crippen LogP contribution in [0, 0.1) is 5.92 Å². The Labute approximate surface area is 115 Å². The number of carboxylic acid groups (broad SMARTS) is 1. The number of rotatable bonds is 2. The minimum atomic E-state index is -0.939. The molecule has 0 bridgehead atoms. The van der Waals surface area contributed by atoms with E-state index in [1.807, 2.05) is 6.07 Å². The summed E-state index contributed by atoms with van der Waals surface area (Å²) in [5.74, 6) is -1.75. The van der Waals surface area contributed by atoms with E-state index in [2.05, 4.69) is 5.32 Å². The number of hydrogen-bond acceptors (Lipinski definition) is 3. The van der Waals surface area contributed by atoms with Crippen LogP contribution in [-0.2, 0) is 20.8 Å². The van der Waals surface area contributed by atoms with Crippen LogP contribution in [-0.4, -0.2) is 29.4 Å². The number of aliphatic carboxylic acids is 1. The maximum absolute atomic E-state index is 11.9. The first-order valence-electron chi connectivity index (χ1n) is 6.50. The molecule has 2 aliphatic heterocycles. The molecule has 104 valence electrons. The van der Waals surface area contributed by atoms with Crippen molar-refractivity contribution in [1.29, 1.82) is 0 Å². The Morgan fingerprint density at radius 2 is 2.10 bits per heavy atom. The standard InChI is InChI=1S/C14H14N2O4/c17-12-4-1-8-5-10(2-3-11(8)15-12)16-7-9(14(19)20)6-13(16)18/h2-3,5,9H,1,4,6-7H2,(H,15,17)(H,19,20)/t9-/m0/s1. The number of hydrogen-bond donors (Lipinski definition) is 2. The molecule has 1 aromatic carbocycles. The third-order valence-corrected chi connectivity index (χ3v) is 3.77. The van der Waals surface area contributed by atoms with Gasteiger partial charge in [0.1, 0.15) is 0 Å². The fraction of sp³-hybridized carbons (Fsp3) is 0.357. The Morgan fingerprint density at radius 1 is 1.30 bits per heavy atom. The van der Waals surface area contributed by atoms with Crippen molar-refractivity contribution >= 4 is 29.2 Å². The van der Waals surface area contributed by atoms with Gasteiger partial charge in [-0.2, -0.15) is 0 Å². The van der Waals surface area contributed by atoms with Crippen LogP contribution in [0.2, 0.25) is 0 Å². The number of fused-ring (bicyclic) bond motifs is 1. The van der Waals surface area contributed by atoms with Gasteiger partial charge in [0.05, 0.1) is 5.92 Å². The summed E-state index contributed by atoms with van der Waals surface area (Å²) in [6.45, 7) is 0.208. The highest BCUT2D eigenvalue weighted by atomic mass is 16.4. The van der Waals surface area contributed by atoms with Crippen molar-refractivity contribution in [2.45, 2.75) is 19.3 Å². The molecule has 2 amide bonds. The predicted molar refractivity (Wildman–Crippen MR) is 71.5 cm³/mol. The predicted octanol–water partition coefficient (Wildman–Crippen LogP) is 1.01. The number of carboxylic acids is 1. The number of anilines is 2. The molecular weight excluding hydrogens is 260 g/mol. The van der Waals surface area contributed by atoms with Crippen molar-refractivity contribution in [3.8, 4) is 0 Å². The van der Waals surface area contributed by atoms with Crippen LogP contribution in [0.25, 0.3) is 0 Å². The first-order valence-corrected chi connectivity index (χ1v) is 6.50. The van der Waals surface area contributed by atoms with E-state index in [9.17, 15) is 14.4 Å². The maximum atomic E-state index is 11.9. The third kappa shape index (κ3) is 2.13. The molecular formula is C14H14N2O4. The number of benzene rings is 1. The summed E-state index contributed by atoms with van der Waals surface area (Å²) >= 11 is 0. The number of carbonyl (C=O) groups excluding carboxylic acids is 2. The number of aryl methyl sites for hydroxylation is 1. The van der Waals surface area contributed by atoms with Gasteiger partial charge in [-0.1, -0.05) is 0 Å². The second-order valence-electron chi connectivity index (χ2n) is 5.13. The summed E-state index contributed by atoms with van der Waals surface area (Å²) in [6, 6.07) is 5.37. The maximum Gasteiger partial charge on any atom is 0.308 e. The zero-order chi connectivity index (χ0) is 14.3. The van der Waals surface area contributed by atoms with Gasteiger partial charge >= 0.3 is 5.97 Å². The topological polar surface area (TPSA) is 86.7 Å². The zero-order valence-electron chi connectivity index (χ0n) is 10.8. The van der Waals surface area contributed by atoms with E-state index in [0.717, 1.165) is 11.3 Å². The molecule has 0 unspecified atom stereocenters. The van der Waals surface area contributed by atoms with Crippen LogP contribution in [0.1, 0.15) is 18.4 Å². The van der Waals surface area contributed by atoms with Crippen molar-refractivity contribution in [2.75, 3.05) is 16.8 Å². The first kappa shape index (κ1) is 12.7. The monoisotopic (exact) mass is 274 g/mol. The second kappa shape index (κ2) is 4.63. The van der Waals surface area contributed by atoms with Gasteiger partial charge in [0.2, 0.25) is 11.8 Å². The van der Waals surface area contributed by atoms with Crippen LogP contribution in [0.3, 0.4) is 0 Å². The van der Waals surface area contributed by atoms with Crippen LogP contribution in [0.5, 0.6) is 0 Å². The Balaban J connectivity index is 1.86. The Morgan fingerprint density at radius 3 is 2.80 bits per heavy atom. The highest BCUT2D eigenvalue weighted by Crippen LogP contribution is 2.31. The van der Waals surface area contributed by atoms with Gasteiger partial charge in [-0.3, -0.25) is 14.4 Å². The molecule has 6 nitrogen and oxygen atoms in total. The van der Waals surface area contributed by atoms with E-state index in [0.29, 0.717) is 18.5 Å². The average molecular weight is 274 g/mol. The molecule has 3 rings (SSSR count). The molecule has 2 aliphatic rings.